The van der Waals surface area contributed by atoms with E-state index in [9.17, 15) is 4.79 Å². The molecule has 0 amide bonds. The minimum Gasteiger partial charge on any atom is -0.429 e. The molecule has 0 bridgehead atoms. The van der Waals surface area contributed by atoms with Crippen molar-refractivity contribution in [2.45, 2.75) is 0 Å². The topological polar surface area (TPSA) is 55.2 Å². The average Bonchev–Trinajstić information content (AvgIpc) is 2.79. The average molecular weight is 271 g/mol. The monoisotopic (exact) mass is 271 g/mol. The summed E-state index contributed by atoms with van der Waals surface area (Å²) < 4.78 is 10.5. The number of carbonyl (C=O) groups is 1. The molecule has 2 aromatic carbocycles. The predicted octanol–water partition coefficient (Wildman–Crippen LogP) is 3.71. The van der Waals surface area contributed by atoms with Crippen molar-refractivity contribution in [3.63, 3.8) is 0 Å². The molecule has 0 radical (unpaired) electrons. The molecule has 1 heterocycles. The van der Waals surface area contributed by atoms with E-state index in [0.717, 1.165) is 0 Å². The Balaban J connectivity index is 2.00. The number of fused-ring (bicyclic) bond motifs is 1. The highest BCUT2D eigenvalue weighted by atomic mass is 32.1. The van der Waals surface area contributed by atoms with Gasteiger partial charge in [-0.15, -0.1) is 0 Å². The highest BCUT2D eigenvalue weighted by molar-refractivity contribution is 7.71. The lowest BCUT2D eigenvalue weighted by atomic mass is 10.2. The first-order valence-electron chi connectivity index (χ1n) is 5.63. The molecule has 0 aliphatic carbocycles. The Kier molecular flexibility index (Phi) is 2.89. The van der Waals surface area contributed by atoms with Crippen molar-refractivity contribution in [3.8, 4) is 5.75 Å². The molecule has 3 aromatic rings. The van der Waals surface area contributed by atoms with Gasteiger partial charge in [-0.05, 0) is 36.5 Å². The van der Waals surface area contributed by atoms with Crippen LogP contribution in [0.1, 0.15) is 10.4 Å². The number of ether oxygens (including phenoxy) is 1. The first kappa shape index (κ1) is 11.7. The van der Waals surface area contributed by atoms with Gasteiger partial charge in [0.05, 0.1) is 11.1 Å². The molecule has 3 rings (SSSR count). The van der Waals surface area contributed by atoms with Crippen molar-refractivity contribution >= 4 is 29.3 Å². The summed E-state index contributed by atoms with van der Waals surface area (Å²) in [6.07, 6.45) is 0. The number of aromatic amines is 1. The minimum atomic E-state index is -0.455. The maximum atomic E-state index is 12.1. The van der Waals surface area contributed by atoms with Gasteiger partial charge in [-0.1, -0.05) is 24.3 Å². The highest BCUT2D eigenvalue weighted by Gasteiger charge is 2.14. The van der Waals surface area contributed by atoms with Crippen molar-refractivity contribution in [2.24, 2.45) is 0 Å². The van der Waals surface area contributed by atoms with Crippen LogP contribution < -0.4 is 4.74 Å². The van der Waals surface area contributed by atoms with Gasteiger partial charge < -0.3 is 14.1 Å². The van der Waals surface area contributed by atoms with Gasteiger partial charge >= 0.3 is 5.97 Å². The van der Waals surface area contributed by atoms with Crippen LogP contribution in [0.4, 0.5) is 0 Å². The summed E-state index contributed by atoms with van der Waals surface area (Å²) in [6, 6.07) is 14.0. The Labute approximate surface area is 113 Å². The van der Waals surface area contributed by atoms with Gasteiger partial charge in [-0.25, -0.2) is 4.79 Å². The molecule has 4 nitrogen and oxygen atoms in total. The van der Waals surface area contributed by atoms with Crippen LogP contribution in [0.25, 0.3) is 11.1 Å². The number of hydrogen-bond donors (Lipinski definition) is 1. The highest BCUT2D eigenvalue weighted by Crippen LogP contribution is 2.20. The van der Waals surface area contributed by atoms with E-state index in [2.05, 4.69) is 4.98 Å². The first-order chi connectivity index (χ1) is 9.24. The van der Waals surface area contributed by atoms with Gasteiger partial charge in [-0.2, -0.15) is 0 Å². The number of H-pyrrole nitrogens is 1. The summed E-state index contributed by atoms with van der Waals surface area (Å²) in [6.45, 7) is 0. The number of rotatable bonds is 2. The number of esters is 1. The standard InChI is InChI=1S/C14H9NO3S/c16-13(17-9-5-2-1-3-6-9)10-7-4-8-11-12(10)15-14(19)18-11/h1-8H,(H,15,19). The normalized spacial score (nSPS) is 10.5. The van der Waals surface area contributed by atoms with Crippen LogP contribution in [0.5, 0.6) is 5.75 Å². The lowest BCUT2D eigenvalue weighted by molar-refractivity contribution is 0.0736. The van der Waals surface area contributed by atoms with Crippen LogP contribution in [0.2, 0.25) is 0 Å². The molecule has 5 heteroatoms. The quantitative estimate of drug-likeness (QED) is 0.438. The lowest BCUT2D eigenvalue weighted by Crippen LogP contribution is -2.08. The number of carbonyl (C=O) groups excluding carboxylic acids is 1. The summed E-state index contributed by atoms with van der Waals surface area (Å²) in [7, 11) is 0. The van der Waals surface area contributed by atoms with E-state index >= 15 is 0 Å². The third-order valence-electron chi connectivity index (χ3n) is 2.63. The second-order valence-electron chi connectivity index (χ2n) is 3.90. The van der Waals surface area contributed by atoms with E-state index in [4.69, 9.17) is 21.4 Å². The van der Waals surface area contributed by atoms with Crippen LogP contribution >= 0.6 is 12.2 Å². The summed E-state index contributed by atoms with van der Waals surface area (Å²) in [5.41, 5.74) is 1.47. The van der Waals surface area contributed by atoms with Crippen LogP contribution in [0, 0.1) is 4.84 Å². The summed E-state index contributed by atoms with van der Waals surface area (Å²) >= 11 is 4.91. The maximum Gasteiger partial charge on any atom is 0.345 e. The molecule has 0 spiro atoms. The molecule has 0 atom stereocenters. The fourth-order valence-electron chi connectivity index (χ4n) is 1.79. The van der Waals surface area contributed by atoms with Gasteiger partial charge in [0, 0.05) is 0 Å². The Morgan fingerprint density at radius 2 is 1.89 bits per heavy atom. The fourth-order valence-corrected chi connectivity index (χ4v) is 1.99. The molecular formula is C14H9NO3S. The minimum absolute atomic E-state index is 0.231. The zero-order valence-electron chi connectivity index (χ0n) is 9.75. The Hall–Kier alpha value is -2.40. The fraction of sp³-hybridized carbons (Fsp3) is 0. The third kappa shape index (κ3) is 2.28. The Morgan fingerprint density at radius 3 is 2.68 bits per heavy atom. The number of oxazole rings is 1. The van der Waals surface area contributed by atoms with Crippen molar-refractivity contribution in [1.29, 1.82) is 0 Å². The summed E-state index contributed by atoms with van der Waals surface area (Å²) in [5, 5.41) is 0. The smallest absolute Gasteiger partial charge is 0.345 e. The van der Waals surface area contributed by atoms with E-state index in [0.29, 0.717) is 22.4 Å². The third-order valence-corrected chi connectivity index (χ3v) is 2.82. The number of benzene rings is 2. The molecule has 0 aliphatic heterocycles. The van der Waals surface area contributed by atoms with Crippen molar-refractivity contribution < 1.29 is 13.9 Å². The zero-order valence-corrected chi connectivity index (χ0v) is 10.6. The predicted molar refractivity (Wildman–Crippen MR) is 72.8 cm³/mol. The Bertz CT molecular complexity index is 789. The molecule has 1 aromatic heterocycles. The number of aromatic nitrogens is 1. The van der Waals surface area contributed by atoms with E-state index < -0.39 is 5.97 Å². The maximum absolute atomic E-state index is 12.1. The van der Waals surface area contributed by atoms with Crippen molar-refractivity contribution in [1.82, 2.24) is 4.98 Å². The molecular weight excluding hydrogens is 262 g/mol. The second kappa shape index (κ2) is 4.70. The van der Waals surface area contributed by atoms with Crippen molar-refractivity contribution in [2.75, 3.05) is 0 Å². The van der Waals surface area contributed by atoms with E-state index in [1.807, 2.05) is 6.07 Å². The largest absolute Gasteiger partial charge is 0.429 e. The van der Waals surface area contributed by atoms with Gasteiger partial charge in [0.15, 0.2) is 5.58 Å². The van der Waals surface area contributed by atoms with Crippen LogP contribution in [0.15, 0.2) is 52.9 Å². The van der Waals surface area contributed by atoms with E-state index in [1.54, 1.807) is 42.5 Å². The van der Waals surface area contributed by atoms with Crippen LogP contribution in [-0.2, 0) is 0 Å². The Morgan fingerprint density at radius 1 is 1.11 bits per heavy atom. The number of nitrogens with one attached hydrogen (secondary N) is 1. The van der Waals surface area contributed by atoms with Crippen molar-refractivity contribution in [3.05, 3.63) is 58.9 Å². The van der Waals surface area contributed by atoms with Crippen LogP contribution in [0.3, 0.4) is 0 Å². The van der Waals surface area contributed by atoms with E-state index in [1.165, 1.54) is 0 Å². The van der Waals surface area contributed by atoms with Gasteiger partial charge in [0.1, 0.15) is 5.75 Å². The van der Waals surface area contributed by atoms with Gasteiger partial charge in [-0.3, -0.25) is 0 Å². The lowest BCUT2D eigenvalue weighted by Gasteiger charge is -2.04. The van der Waals surface area contributed by atoms with Gasteiger partial charge in [0.25, 0.3) is 4.84 Å². The summed E-state index contributed by atoms with van der Waals surface area (Å²) in [5.74, 6) is 0.0374. The molecule has 0 saturated heterocycles. The second-order valence-corrected chi connectivity index (χ2v) is 4.27. The molecule has 19 heavy (non-hydrogen) atoms. The summed E-state index contributed by atoms with van der Waals surface area (Å²) in [4.78, 5) is 15.2. The molecule has 0 unspecified atom stereocenters. The van der Waals surface area contributed by atoms with Crippen LogP contribution in [-0.4, -0.2) is 11.0 Å². The SMILES string of the molecule is O=C(Oc1ccccc1)c1cccc2oc(=S)[nH]c12. The zero-order chi connectivity index (χ0) is 13.2. The first-order valence-corrected chi connectivity index (χ1v) is 6.04. The number of para-hydroxylation sites is 2. The molecule has 94 valence electrons. The molecule has 1 N–H and O–H groups in total. The molecule has 0 saturated carbocycles. The molecule has 0 aliphatic rings. The molecule has 0 fully saturated rings. The van der Waals surface area contributed by atoms with Gasteiger partial charge in [0.2, 0.25) is 0 Å². The van der Waals surface area contributed by atoms with E-state index in [-0.39, 0.29) is 4.84 Å². The number of hydrogen-bond acceptors (Lipinski definition) is 4.